The highest BCUT2D eigenvalue weighted by Crippen LogP contribution is 2.33. The van der Waals surface area contributed by atoms with Gasteiger partial charge >= 0.3 is 0 Å². The van der Waals surface area contributed by atoms with E-state index in [0.29, 0.717) is 0 Å². The van der Waals surface area contributed by atoms with E-state index in [1.807, 2.05) is 0 Å². The zero-order chi connectivity index (χ0) is 19.8. The lowest BCUT2D eigenvalue weighted by Gasteiger charge is -2.37. The monoisotopic (exact) mass is 387 g/mol. The van der Waals surface area contributed by atoms with Crippen molar-refractivity contribution < 1.29 is 4.74 Å². The summed E-state index contributed by atoms with van der Waals surface area (Å²) >= 11 is 0. The fraction of sp³-hybridized carbons (Fsp3) is 0.400. The van der Waals surface area contributed by atoms with E-state index in [9.17, 15) is 0 Å². The minimum atomic E-state index is 0.283. The minimum Gasteiger partial charge on any atom is -0.372 e. The quantitative estimate of drug-likeness (QED) is 0.663. The second-order valence-electron chi connectivity index (χ2n) is 8.53. The van der Waals surface area contributed by atoms with Crippen molar-refractivity contribution in [2.45, 2.75) is 45.6 Å². The second-order valence-corrected chi connectivity index (χ2v) is 8.53. The van der Waals surface area contributed by atoms with E-state index >= 15 is 0 Å². The van der Waals surface area contributed by atoms with Crippen molar-refractivity contribution in [2.75, 3.05) is 24.5 Å². The first-order chi connectivity index (χ1) is 14.2. The highest BCUT2D eigenvalue weighted by atomic mass is 16.5. The molecule has 2 aliphatic heterocycles. The Kier molecular flexibility index (Phi) is 4.98. The largest absolute Gasteiger partial charge is 0.372 e. The van der Waals surface area contributed by atoms with Gasteiger partial charge in [-0.25, -0.2) is 0 Å². The van der Waals surface area contributed by atoms with E-state index in [-0.39, 0.29) is 12.2 Å². The van der Waals surface area contributed by atoms with E-state index in [2.05, 4.69) is 78.2 Å². The van der Waals surface area contributed by atoms with Gasteiger partial charge in [0.05, 0.1) is 17.7 Å². The zero-order valence-electron chi connectivity index (χ0n) is 17.3. The van der Waals surface area contributed by atoms with E-state index in [0.717, 1.165) is 44.7 Å². The SMILES string of the molecule is CC1CN(c2cccc3c2CN(CCc2ccc4ccccc4n2)C3)CC(C)O1. The number of ether oxygens (including phenoxy) is 1. The Balaban J connectivity index is 1.28. The third kappa shape index (κ3) is 3.87. The number of anilines is 1. The van der Waals surface area contributed by atoms with Crippen molar-refractivity contribution in [1.29, 1.82) is 0 Å². The minimum absolute atomic E-state index is 0.283. The Morgan fingerprint density at radius 1 is 0.931 bits per heavy atom. The summed E-state index contributed by atoms with van der Waals surface area (Å²) in [7, 11) is 0. The Bertz CT molecular complexity index is 1010. The maximum atomic E-state index is 5.94. The third-order valence-corrected chi connectivity index (χ3v) is 6.12. The van der Waals surface area contributed by atoms with Crippen molar-refractivity contribution >= 4 is 16.6 Å². The summed E-state index contributed by atoms with van der Waals surface area (Å²) in [5, 5.41) is 1.21. The molecule has 0 amide bonds. The van der Waals surface area contributed by atoms with Crippen molar-refractivity contribution in [1.82, 2.24) is 9.88 Å². The lowest BCUT2D eigenvalue weighted by molar-refractivity contribution is -0.00527. The molecule has 2 aromatic carbocycles. The molecular formula is C25H29N3O. The van der Waals surface area contributed by atoms with Gasteiger partial charge in [-0.3, -0.25) is 9.88 Å². The summed E-state index contributed by atoms with van der Waals surface area (Å²) in [6.07, 6.45) is 1.55. The summed E-state index contributed by atoms with van der Waals surface area (Å²) in [6.45, 7) is 9.40. The number of fused-ring (bicyclic) bond motifs is 2. The van der Waals surface area contributed by atoms with Crippen molar-refractivity contribution in [2.24, 2.45) is 0 Å². The lowest BCUT2D eigenvalue weighted by atomic mass is 10.1. The number of para-hydroxylation sites is 1. The summed E-state index contributed by atoms with van der Waals surface area (Å²) < 4.78 is 5.94. The van der Waals surface area contributed by atoms with Crippen LogP contribution in [0, 0.1) is 0 Å². The van der Waals surface area contributed by atoms with Crippen molar-refractivity contribution in [3.8, 4) is 0 Å². The standard InChI is InChI=1S/C25H29N3O/c1-18-14-28(15-19(2)29-18)25-9-5-7-21-16-27(17-23(21)25)13-12-22-11-10-20-6-3-4-8-24(20)26-22/h3-11,18-19H,12-17H2,1-2H3. The molecule has 1 aromatic heterocycles. The number of morpholine rings is 1. The molecule has 1 saturated heterocycles. The van der Waals surface area contributed by atoms with Gasteiger partial charge in [-0.05, 0) is 43.2 Å². The van der Waals surface area contributed by atoms with Gasteiger partial charge in [0.25, 0.3) is 0 Å². The molecule has 4 heteroatoms. The zero-order valence-corrected chi connectivity index (χ0v) is 17.3. The van der Waals surface area contributed by atoms with E-state index < -0.39 is 0 Å². The fourth-order valence-electron chi connectivity index (χ4n) is 4.82. The van der Waals surface area contributed by atoms with Crippen LogP contribution < -0.4 is 4.90 Å². The molecule has 5 rings (SSSR count). The molecule has 2 aliphatic rings. The maximum Gasteiger partial charge on any atom is 0.0726 e. The molecule has 150 valence electrons. The van der Waals surface area contributed by atoms with Crippen LogP contribution in [-0.2, 0) is 24.2 Å². The van der Waals surface area contributed by atoms with Crippen LogP contribution in [0.25, 0.3) is 10.9 Å². The number of hydrogen-bond donors (Lipinski definition) is 0. The summed E-state index contributed by atoms with van der Waals surface area (Å²) in [5.74, 6) is 0. The molecule has 0 saturated carbocycles. The van der Waals surface area contributed by atoms with Gasteiger partial charge in [0.2, 0.25) is 0 Å². The highest BCUT2D eigenvalue weighted by molar-refractivity contribution is 5.78. The van der Waals surface area contributed by atoms with Crippen LogP contribution in [0.1, 0.15) is 30.7 Å². The van der Waals surface area contributed by atoms with Crippen LogP contribution in [0.15, 0.2) is 54.6 Å². The number of hydrogen-bond acceptors (Lipinski definition) is 4. The first-order valence-electron chi connectivity index (χ1n) is 10.7. The van der Waals surface area contributed by atoms with E-state index in [1.54, 1.807) is 0 Å². The molecule has 2 unspecified atom stereocenters. The van der Waals surface area contributed by atoms with Gasteiger partial charge in [0, 0.05) is 55.9 Å². The van der Waals surface area contributed by atoms with Crippen molar-refractivity contribution in [3.05, 3.63) is 71.4 Å². The van der Waals surface area contributed by atoms with Gasteiger partial charge in [-0.1, -0.05) is 36.4 Å². The summed E-state index contributed by atoms with van der Waals surface area (Å²) in [6, 6.07) is 19.5. The first-order valence-corrected chi connectivity index (χ1v) is 10.7. The smallest absolute Gasteiger partial charge is 0.0726 e. The number of benzene rings is 2. The van der Waals surface area contributed by atoms with E-state index in [4.69, 9.17) is 9.72 Å². The van der Waals surface area contributed by atoms with Crippen LogP contribution in [0.2, 0.25) is 0 Å². The molecule has 3 heterocycles. The van der Waals surface area contributed by atoms with Crippen LogP contribution in [0.3, 0.4) is 0 Å². The van der Waals surface area contributed by atoms with Crippen LogP contribution >= 0.6 is 0 Å². The maximum absolute atomic E-state index is 5.94. The Morgan fingerprint density at radius 2 is 1.76 bits per heavy atom. The van der Waals surface area contributed by atoms with Gasteiger partial charge in [-0.15, -0.1) is 0 Å². The van der Waals surface area contributed by atoms with Gasteiger partial charge in [0.1, 0.15) is 0 Å². The average molecular weight is 388 g/mol. The van der Waals surface area contributed by atoms with Crippen LogP contribution in [-0.4, -0.2) is 41.7 Å². The van der Waals surface area contributed by atoms with Gasteiger partial charge in [0.15, 0.2) is 0 Å². The second kappa shape index (κ2) is 7.77. The Morgan fingerprint density at radius 3 is 2.62 bits per heavy atom. The molecule has 0 spiro atoms. The molecular weight excluding hydrogens is 358 g/mol. The normalized spacial score (nSPS) is 22.2. The fourth-order valence-corrected chi connectivity index (χ4v) is 4.82. The lowest BCUT2D eigenvalue weighted by Crippen LogP contribution is -2.45. The Hall–Kier alpha value is -2.43. The van der Waals surface area contributed by atoms with E-state index in [1.165, 1.54) is 27.9 Å². The molecule has 0 aliphatic carbocycles. The number of aromatic nitrogens is 1. The predicted molar refractivity (Wildman–Crippen MR) is 118 cm³/mol. The van der Waals surface area contributed by atoms with Gasteiger partial charge in [-0.2, -0.15) is 0 Å². The topological polar surface area (TPSA) is 28.6 Å². The summed E-state index contributed by atoms with van der Waals surface area (Å²) in [4.78, 5) is 9.92. The molecule has 29 heavy (non-hydrogen) atoms. The third-order valence-electron chi connectivity index (χ3n) is 6.12. The summed E-state index contributed by atoms with van der Waals surface area (Å²) in [5.41, 5.74) is 6.64. The molecule has 1 fully saturated rings. The van der Waals surface area contributed by atoms with Crippen LogP contribution in [0.5, 0.6) is 0 Å². The number of pyridine rings is 1. The molecule has 3 aromatic rings. The molecule has 0 bridgehead atoms. The predicted octanol–water partition coefficient (Wildman–Crippen LogP) is 4.41. The number of nitrogens with zero attached hydrogens (tertiary/aromatic N) is 3. The van der Waals surface area contributed by atoms with Gasteiger partial charge < -0.3 is 9.64 Å². The average Bonchev–Trinajstić information content (AvgIpc) is 3.14. The van der Waals surface area contributed by atoms with Crippen LogP contribution in [0.4, 0.5) is 5.69 Å². The van der Waals surface area contributed by atoms with Crippen molar-refractivity contribution in [3.63, 3.8) is 0 Å². The number of rotatable bonds is 4. The first kappa shape index (κ1) is 18.6. The Labute approximate surface area is 173 Å². The highest BCUT2D eigenvalue weighted by Gasteiger charge is 2.28. The molecule has 2 atom stereocenters. The molecule has 0 N–H and O–H groups in total. The molecule has 4 nitrogen and oxygen atoms in total. The molecule has 0 radical (unpaired) electrons.